The molecule has 25 heavy (non-hydrogen) atoms. The molecule has 3 rings (SSSR count). The maximum atomic E-state index is 13.1. The molecule has 1 aliphatic rings. The molecule has 0 atom stereocenters. The molecular weight excluding hydrogens is 341 g/mol. The summed E-state index contributed by atoms with van der Waals surface area (Å²) in [6.07, 6.45) is 2.19. The van der Waals surface area contributed by atoms with E-state index in [1.807, 2.05) is 24.3 Å². The van der Waals surface area contributed by atoms with Crippen LogP contribution in [0.1, 0.15) is 23.2 Å². The lowest BCUT2D eigenvalue weighted by molar-refractivity contribution is 0.102. The zero-order chi connectivity index (χ0) is 17.8. The summed E-state index contributed by atoms with van der Waals surface area (Å²) in [5, 5.41) is 6.42. The van der Waals surface area contributed by atoms with E-state index in [1.54, 1.807) is 0 Å². The van der Waals surface area contributed by atoms with E-state index in [0.717, 1.165) is 37.7 Å². The number of nitrogens with zero attached hydrogens (tertiary/aromatic N) is 1. The Labute approximate surface area is 152 Å². The van der Waals surface area contributed by atoms with Crippen LogP contribution in [0.4, 0.5) is 15.8 Å². The first-order valence-corrected chi connectivity index (χ1v) is 8.70. The van der Waals surface area contributed by atoms with Crippen LogP contribution in [0.25, 0.3) is 0 Å². The summed E-state index contributed by atoms with van der Waals surface area (Å²) in [5.41, 5.74) is 1.89. The van der Waals surface area contributed by atoms with Gasteiger partial charge in [0.2, 0.25) is 0 Å². The summed E-state index contributed by atoms with van der Waals surface area (Å²) >= 11 is 5.95. The number of hydrogen-bond donors (Lipinski definition) is 2. The highest BCUT2D eigenvalue weighted by Crippen LogP contribution is 2.22. The molecule has 2 aromatic rings. The average molecular weight is 362 g/mol. The fraction of sp³-hybridized carbons (Fsp3) is 0.316. The minimum absolute atomic E-state index is 0.0955. The van der Waals surface area contributed by atoms with E-state index in [1.165, 1.54) is 12.1 Å². The third kappa shape index (κ3) is 4.71. The smallest absolute Gasteiger partial charge is 0.257 e. The molecular formula is C19H21ClFN3O. The number of piperidine rings is 1. The monoisotopic (exact) mass is 361 g/mol. The third-order valence-corrected chi connectivity index (χ3v) is 4.70. The van der Waals surface area contributed by atoms with Gasteiger partial charge in [-0.25, -0.2) is 4.39 Å². The van der Waals surface area contributed by atoms with E-state index in [4.69, 9.17) is 11.6 Å². The second-order valence-corrected chi connectivity index (χ2v) is 6.79. The number of likely N-dealkylation sites (tertiary alicyclic amines) is 1. The number of carbonyl (C=O) groups is 1. The highest BCUT2D eigenvalue weighted by atomic mass is 35.5. The maximum absolute atomic E-state index is 13.1. The Bertz CT molecular complexity index is 760. The molecule has 2 aromatic carbocycles. The van der Waals surface area contributed by atoms with Crippen LogP contribution in [0.3, 0.4) is 0 Å². The molecule has 2 N–H and O–H groups in total. The molecule has 1 amide bonds. The number of nitrogens with one attached hydrogen (secondary N) is 2. The number of carbonyl (C=O) groups excluding carboxylic acids is 1. The Morgan fingerprint density at radius 2 is 1.88 bits per heavy atom. The predicted octanol–water partition coefficient (Wildman–Crippen LogP) is 4.24. The molecule has 0 radical (unpaired) electrons. The summed E-state index contributed by atoms with van der Waals surface area (Å²) < 4.78 is 13.1. The second-order valence-electron chi connectivity index (χ2n) is 6.38. The summed E-state index contributed by atoms with van der Waals surface area (Å²) in [7, 11) is 2.13. The van der Waals surface area contributed by atoms with E-state index < -0.39 is 5.82 Å². The first kappa shape index (κ1) is 17.7. The lowest BCUT2D eigenvalue weighted by atomic mass is 10.1. The van der Waals surface area contributed by atoms with Crippen molar-refractivity contribution in [3.8, 4) is 0 Å². The molecule has 1 saturated heterocycles. The van der Waals surface area contributed by atoms with Gasteiger partial charge in [-0.3, -0.25) is 4.79 Å². The standard InChI is InChI=1S/C19H21ClFN3O/c1-24-9-7-14(8-10-24)22-15-3-2-4-16(12-15)23-19(25)17-6-5-13(21)11-18(17)20/h2-6,11-12,14,22H,7-10H2,1H3,(H,23,25). The number of benzene rings is 2. The van der Waals surface area contributed by atoms with E-state index >= 15 is 0 Å². The van der Waals surface area contributed by atoms with Crippen LogP contribution in [0.15, 0.2) is 42.5 Å². The molecule has 1 fully saturated rings. The van der Waals surface area contributed by atoms with Crippen LogP contribution < -0.4 is 10.6 Å². The first-order chi connectivity index (χ1) is 12.0. The molecule has 1 heterocycles. The minimum Gasteiger partial charge on any atom is -0.382 e. The molecule has 4 nitrogen and oxygen atoms in total. The summed E-state index contributed by atoms with van der Waals surface area (Å²) in [5.74, 6) is -0.827. The molecule has 0 unspecified atom stereocenters. The van der Waals surface area contributed by atoms with Crippen LogP contribution in [0.5, 0.6) is 0 Å². The van der Waals surface area contributed by atoms with Gasteiger partial charge in [-0.05, 0) is 69.4 Å². The van der Waals surface area contributed by atoms with E-state index in [2.05, 4.69) is 22.6 Å². The molecule has 0 saturated carbocycles. The average Bonchev–Trinajstić information content (AvgIpc) is 2.57. The largest absolute Gasteiger partial charge is 0.382 e. The van der Waals surface area contributed by atoms with Crippen molar-refractivity contribution in [1.29, 1.82) is 0 Å². The molecule has 0 spiro atoms. The van der Waals surface area contributed by atoms with Gasteiger partial charge in [-0.15, -0.1) is 0 Å². The summed E-state index contributed by atoms with van der Waals surface area (Å²) in [6.45, 7) is 2.16. The van der Waals surface area contributed by atoms with E-state index in [9.17, 15) is 9.18 Å². The lowest BCUT2D eigenvalue weighted by Gasteiger charge is -2.30. The van der Waals surface area contributed by atoms with Crippen molar-refractivity contribution in [2.75, 3.05) is 30.8 Å². The van der Waals surface area contributed by atoms with E-state index in [-0.39, 0.29) is 16.5 Å². The van der Waals surface area contributed by atoms with Crippen molar-refractivity contribution in [3.05, 3.63) is 58.9 Å². The number of hydrogen-bond acceptors (Lipinski definition) is 3. The molecule has 0 aromatic heterocycles. The van der Waals surface area contributed by atoms with Gasteiger partial charge in [-0.1, -0.05) is 17.7 Å². The second kappa shape index (κ2) is 7.85. The van der Waals surface area contributed by atoms with Crippen molar-refractivity contribution in [1.82, 2.24) is 4.90 Å². The quantitative estimate of drug-likeness (QED) is 0.856. The summed E-state index contributed by atoms with van der Waals surface area (Å²) in [6, 6.07) is 11.8. The van der Waals surface area contributed by atoms with Crippen LogP contribution in [-0.4, -0.2) is 37.0 Å². The third-order valence-electron chi connectivity index (χ3n) is 4.39. The van der Waals surface area contributed by atoms with Gasteiger partial charge >= 0.3 is 0 Å². The van der Waals surface area contributed by atoms with Gasteiger partial charge in [0.25, 0.3) is 5.91 Å². The Morgan fingerprint density at radius 1 is 1.16 bits per heavy atom. The zero-order valence-corrected chi connectivity index (χ0v) is 14.8. The Kier molecular flexibility index (Phi) is 5.56. The van der Waals surface area contributed by atoms with Gasteiger partial charge < -0.3 is 15.5 Å². The predicted molar refractivity (Wildman–Crippen MR) is 99.9 cm³/mol. The van der Waals surface area contributed by atoms with Gasteiger partial charge in [0, 0.05) is 17.4 Å². The van der Waals surface area contributed by atoms with Crippen molar-refractivity contribution in [2.45, 2.75) is 18.9 Å². The lowest BCUT2D eigenvalue weighted by Crippen LogP contribution is -2.36. The molecule has 132 valence electrons. The van der Waals surface area contributed by atoms with Gasteiger partial charge in [0.1, 0.15) is 5.82 Å². The zero-order valence-electron chi connectivity index (χ0n) is 14.1. The maximum Gasteiger partial charge on any atom is 0.257 e. The van der Waals surface area contributed by atoms with Gasteiger partial charge in [0.05, 0.1) is 10.6 Å². The number of amides is 1. The van der Waals surface area contributed by atoms with Crippen LogP contribution in [0, 0.1) is 5.82 Å². The van der Waals surface area contributed by atoms with Crippen molar-refractivity contribution >= 4 is 28.9 Å². The van der Waals surface area contributed by atoms with Gasteiger partial charge in [0.15, 0.2) is 0 Å². The Morgan fingerprint density at radius 3 is 2.60 bits per heavy atom. The Hall–Kier alpha value is -2.11. The molecule has 1 aliphatic heterocycles. The van der Waals surface area contributed by atoms with Crippen molar-refractivity contribution < 1.29 is 9.18 Å². The van der Waals surface area contributed by atoms with Crippen LogP contribution in [-0.2, 0) is 0 Å². The highest BCUT2D eigenvalue weighted by molar-refractivity contribution is 6.34. The normalized spacial score (nSPS) is 15.8. The highest BCUT2D eigenvalue weighted by Gasteiger charge is 2.16. The minimum atomic E-state index is -0.467. The molecule has 0 bridgehead atoms. The van der Waals surface area contributed by atoms with Crippen molar-refractivity contribution in [3.63, 3.8) is 0 Å². The van der Waals surface area contributed by atoms with Gasteiger partial charge in [-0.2, -0.15) is 0 Å². The molecule has 0 aliphatic carbocycles. The van der Waals surface area contributed by atoms with E-state index in [0.29, 0.717) is 11.7 Å². The van der Waals surface area contributed by atoms with Crippen molar-refractivity contribution in [2.24, 2.45) is 0 Å². The number of halogens is 2. The van der Waals surface area contributed by atoms with Crippen LogP contribution >= 0.6 is 11.6 Å². The fourth-order valence-corrected chi connectivity index (χ4v) is 3.20. The topological polar surface area (TPSA) is 44.4 Å². The SMILES string of the molecule is CN1CCC(Nc2cccc(NC(=O)c3ccc(F)cc3Cl)c2)CC1. The summed E-state index contributed by atoms with van der Waals surface area (Å²) in [4.78, 5) is 14.7. The first-order valence-electron chi connectivity index (χ1n) is 8.33. The van der Waals surface area contributed by atoms with Crippen LogP contribution in [0.2, 0.25) is 5.02 Å². The number of rotatable bonds is 4. The molecule has 6 heteroatoms. The number of anilines is 2. The Balaban J connectivity index is 1.66. The fourth-order valence-electron chi connectivity index (χ4n) is 2.95.